The highest BCUT2D eigenvalue weighted by molar-refractivity contribution is 6.30. The lowest BCUT2D eigenvalue weighted by molar-refractivity contribution is -0.115. The van der Waals surface area contributed by atoms with Crippen LogP contribution in [-0.2, 0) is 11.3 Å². The average molecular weight is 376 g/mol. The SMILES string of the molecule is CCOc1ccc(NC(=O)CNC(=O)NCc2ccc(Cl)cc2)cc1C. The molecule has 0 aromatic heterocycles. The van der Waals surface area contributed by atoms with Gasteiger partial charge in [0.1, 0.15) is 5.75 Å². The van der Waals surface area contributed by atoms with Gasteiger partial charge in [-0.25, -0.2) is 4.79 Å². The summed E-state index contributed by atoms with van der Waals surface area (Å²) in [6.45, 7) is 4.63. The quantitative estimate of drug-likeness (QED) is 0.693. The Labute approximate surface area is 157 Å². The molecule has 0 heterocycles. The van der Waals surface area contributed by atoms with E-state index in [0.29, 0.717) is 23.9 Å². The Hall–Kier alpha value is -2.73. The molecule has 0 radical (unpaired) electrons. The molecule has 2 aromatic rings. The molecule has 3 N–H and O–H groups in total. The Bertz CT molecular complexity index is 763. The molecule has 0 aliphatic heterocycles. The first-order valence-electron chi connectivity index (χ1n) is 8.27. The van der Waals surface area contributed by atoms with Crippen molar-refractivity contribution in [3.63, 3.8) is 0 Å². The van der Waals surface area contributed by atoms with Crippen molar-refractivity contribution in [3.05, 3.63) is 58.6 Å². The molecule has 0 bridgehead atoms. The summed E-state index contributed by atoms with van der Waals surface area (Å²) >= 11 is 5.81. The van der Waals surface area contributed by atoms with Gasteiger partial charge in [-0.1, -0.05) is 23.7 Å². The highest BCUT2D eigenvalue weighted by Gasteiger charge is 2.07. The Balaban J connectivity index is 1.74. The number of nitrogens with one attached hydrogen (secondary N) is 3. The van der Waals surface area contributed by atoms with Crippen molar-refractivity contribution in [2.75, 3.05) is 18.5 Å². The van der Waals surface area contributed by atoms with Crippen molar-refractivity contribution in [1.82, 2.24) is 10.6 Å². The summed E-state index contributed by atoms with van der Waals surface area (Å²) in [7, 11) is 0. The summed E-state index contributed by atoms with van der Waals surface area (Å²) in [4.78, 5) is 23.7. The number of halogens is 1. The number of carbonyl (C=O) groups is 2. The molecule has 2 aromatic carbocycles. The van der Waals surface area contributed by atoms with Crippen LogP contribution in [0.2, 0.25) is 5.02 Å². The molecule has 0 unspecified atom stereocenters. The summed E-state index contributed by atoms with van der Waals surface area (Å²) in [6.07, 6.45) is 0. The number of hydrogen-bond donors (Lipinski definition) is 3. The third-order valence-corrected chi connectivity index (χ3v) is 3.79. The van der Waals surface area contributed by atoms with Gasteiger partial charge in [0.05, 0.1) is 13.2 Å². The van der Waals surface area contributed by atoms with Gasteiger partial charge in [0.25, 0.3) is 0 Å². The summed E-state index contributed by atoms with van der Waals surface area (Å²) in [5, 5.41) is 8.57. The van der Waals surface area contributed by atoms with E-state index in [2.05, 4.69) is 16.0 Å². The standard InChI is InChI=1S/C19H22ClN3O3/c1-3-26-17-9-8-16(10-13(17)2)23-18(24)12-22-19(25)21-11-14-4-6-15(20)7-5-14/h4-10H,3,11-12H2,1-2H3,(H,23,24)(H2,21,22,25). The highest BCUT2D eigenvalue weighted by Crippen LogP contribution is 2.21. The Morgan fingerprint density at radius 2 is 1.81 bits per heavy atom. The molecule has 0 aliphatic rings. The van der Waals surface area contributed by atoms with Crippen LogP contribution >= 0.6 is 11.6 Å². The summed E-state index contributed by atoms with van der Waals surface area (Å²) in [5.41, 5.74) is 2.50. The van der Waals surface area contributed by atoms with Gasteiger partial charge >= 0.3 is 6.03 Å². The Morgan fingerprint density at radius 1 is 1.08 bits per heavy atom. The smallest absolute Gasteiger partial charge is 0.315 e. The lowest BCUT2D eigenvalue weighted by atomic mass is 10.2. The monoisotopic (exact) mass is 375 g/mol. The van der Waals surface area contributed by atoms with Crippen LogP contribution in [0, 0.1) is 6.92 Å². The van der Waals surface area contributed by atoms with Crippen LogP contribution in [0.15, 0.2) is 42.5 Å². The van der Waals surface area contributed by atoms with Crippen LogP contribution < -0.4 is 20.7 Å². The number of rotatable bonds is 7. The van der Waals surface area contributed by atoms with Crippen molar-refractivity contribution < 1.29 is 14.3 Å². The summed E-state index contributed by atoms with van der Waals surface area (Å²) in [6, 6.07) is 12.1. The van der Waals surface area contributed by atoms with Crippen LogP contribution in [0.1, 0.15) is 18.1 Å². The van der Waals surface area contributed by atoms with Crippen LogP contribution in [0.25, 0.3) is 0 Å². The van der Waals surface area contributed by atoms with E-state index in [-0.39, 0.29) is 12.5 Å². The molecule has 0 fully saturated rings. The highest BCUT2D eigenvalue weighted by atomic mass is 35.5. The topological polar surface area (TPSA) is 79.5 Å². The molecular weight excluding hydrogens is 354 g/mol. The fourth-order valence-corrected chi connectivity index (χ4v) is 2.38. The zero-order valence-electron chi connectivity index (χ0n) is 14.8. The molecule has 7 heteroatoms. The minimum atomic E-state index is -0.419. The van der Waals surface area contributed by atoms with Gasteiger partial charge in [-0.2, -0.15) is 0 Å². The van der Waals surface area contributed by atoms with Crippen LogP contribution in [-0.4, -0.2) is 25.1 Å². The van der Waals surface area contributed by atoms with Crippen molar-refractivity contribution in [2.24, 2.45) is 0 Å². The number of amides is 3. The molecule has 0 atom stereocenters. The maximum absolute atomic E-state index is 12.0. The third-order valence-electron chi connectivity index (χ3n) is 3.53. The average Bonchev–Trinajstić information content (AvgIpc) is 2.62. The Kier molecular flexibility index (Phi) is 7.29. The molecule has 0 aliphatic carbocycles. The van der Waals surface area contributed by atoms with E-state index in [0.717, 1.165) is 16.9 Å². The number of aryl methyl sites for hydroxylation is 1. The first-order valence-corrected chi connectivity index (χ1v) is 8.65. The van der Waals surface area contributed by atoms with Crippen molar-refractivity contribution in [3.8, 4) is 5.75 Å². The third kappa shape index (κ3) is 6.29. The molecule has 0 saturated carbocycles. The van der Waals surface area contributed by atoms with E-state index in [9.17, 15) is 9.59 Å². The van der Waals surface area contributed by atoms with Gasteiger partial charge in [0.2, 0.25) is 5.91 Å². The lowest BCUT2D eigenvalue weighted by Gasteiger charge is -2.11. The summed E-state index contributed by atoms with van der Waals surface area (Å²) in [5.74, 6) is 0.473. The molecule has 0 spiro atoms. The second-order valence-electron chi connectivity index (χ2n) is 5.62. The lowest BCUT2D eigenvalue weighted by Crippen LogP contribution is -2.39. The largest absolute Gasteiger partial charge is 0.494 e. The van der Waals surface area contributed by atoms with Gasteiger partial charge in [-0.3, -0.25) is 4.79 Å². The minimum absolute atomic E-state index is 0.126. The van der Waals surface area contributed by atoms with E-state index < -0.39 is 6.03 Å². The van der Waals surface area contributed by atoms with E-state index in [1.807, 2.05) is 32.0 Å². The number of hydrogen-bond acceptors (Lipinski definition) is 3. The zero-order chi connectivity index (χ0) is 18.9. The summed E-state index contributed by atoms with van der Waals surface area (Å²) < 4.78 is 5.46. The van der Waals surface area contributed by atoms with Crippen LogP contribution in [0.4, 0.5) is 10.5 Å². The maximum atomic E-state index is 12.0. The van der Waals surface area contributed by atoms with Gasteiger partial charge in [-0.05, 0) is 55.3 Å². The first-order chi connectivity index (χ1) is 12.5. The molecule has 138 valence electrons. The fourth-order valence-electron chi connectivity index (χ4n) is 2.26. The number of ether oxygens (including phenoxy) is 1. The number of benzene rings is 2. The van der Waals surface area contributed by atoms with Crippen molar-refractivity contribution >= 4 is 29.2 Å². The molecule has 0 saturated heterocycles. The van der Waals surface area contributed by atoms with E-state index >= 15 is 0 Å². The van der Waals surface area contributed by atoms with E-state index in [4.69, 9.17) is 16.3 Å². The van der Waals surface area contributed by atoms with Crippen molar-refractivity contribution in [2.45, 2.75) is 20.4 Å². The second kappa shape index (κ2) is 9.68. The van der Waals surface area contributed by atoms with Gasteiger partial charge in [0.15, 0.2) is 0 Å². The number of urea groups is 1. The number of carbonyl (C=O) groups excluding carboxylic acids is 2. The molecular formula is C19H22ClN3O3. The fraction of sp³-hybridized carbons (Fsp3) is 0.263. The van der Waals surface area contributed by atoms with E-state index in [1.54, 1.807) is 24.3 Å². The van der Waals surface area contributed by atoms with Gasteiger partial charge < -0.3 is 20.7 Å². The van der Waals surface area contributed by atoms with E-state index in [1.165, 1.54) is 0 Å². The first kappa shape index (κ1) is 19.6. The van der Waals surface area contributed by atoms with Crippen LogP contribution in [0.5, 0.6) is 5.75 Å². The molecule has 6 nitrogen and oxygen atoms in total. The maximum Gasteiger partial charge on any atom is 0.315 e. The zero-order valence-corrected chi connectivity index (χ0v) is 15.5. The molecule has 2 rings (SSSR count). The van der Waals surface area contributed by atoms with Gasteiger partial charge in [0, 0.05) is 17.3 Å². The predicted molar refractivity (Wildman–Crippen MR) is 103 cm³/mol. The molecule has 26 heavy (non-hydrogen) atoms. The Morgan fingerprint density at radius 3 is 2.46 bits per heavy atom. The van der Waals surface area contributed by atoms with Crippen molar-refractivity contribution in [1.29, 1.82) is 0 Å². The second-order valence-corrected chi connectivity index (χ2v) is 6.06. The van der Waals surface area contributed by atoms with Crippen LogP contribution in [0.3, 0.4) is 0 Å². The number of anilines is 1. The predicted octanol–water partition coefficient (Wildman–Crippen LogP) is 3.49. The minimum Gasteiger partial charge on any atom is -0.494 e. The normalized spacial score (nSPS) is 10.1. The van der Waals surface area contributed by atoms with Gasteiger partial charge in [-0.15, -0.1) is 0 Å². The molecule has 3 amide bonds.